The average molecular weight is 476 g/mol. The van der Waals surface area contributed by atoms with Gasteiger partial charge in [-0.1, -0.05) is 29.8 Å². The lowest BCUT2D eigenvalue weighted by molar-refractivity contribution is -0.121. The van der Waals surface area contributed by atoms with E-state index in [0.717, 1.165) is 28.2 Å². The number of carbonyl (C=O) groups is 2. The molecule has 1 fully saturated rings. The Labute approximate surface area is 182 Å². The third-order valence-electron chi connectivity index (χ3n) is 5.31. The Morgan fingerprint density at radius 3 is 2.76 bits per heavy atom. The molecule has 1 aliphatic rings. The van der Waals surface area contributed by atoms with Gasteiger partial charge in [0.25, 0.3) is 5.91 Å². The Morgan fingerprint density at radius 2 is 2.03 bits per heavy atom. The summed E-state index contributed by atoms with van der Waals surface area (Å²) in [6.45, 7) is 0.968. The summed E-state index contributed by atoms with van der Waals surface area (Å²) in [5, 5.41) is 4.15. The molecule has 3 aromatic rings. The number of aromatic nitrogens is 2. The predicted octanol–water partition coefficient (Wildman–Crippen LogP) is 4.48. The Bertz CT molecular complexity index is 1040. The molecule has 1 unspecified atom stereocenters. The minimum atomic E-state index is -0.286. The number of piperidine rings is 1. The van der Waals surface area contributed by atoms with E-state index in [9.17, 15) is 9.59 Å². The molecular weight excluding hydrogens is 456 g/mol. The SMILES string of the molecule is Cn1c(C(=O)N2CCCC(C(=O)Nc3ccc(Br)cn3)C2)c(Cl)c2ccccc21. The number of aryl methyl sites for hydroxylation is 1. The maximum atomic E-state index is 13.2. The van der Waals surface area contributed by atoms with Crippen molar-refractivity contribution in [1.82, 2.24) is 14.5 Å². The smallest absolute Gasteiger partial charge is 0.272 e. The molecule has 0 saturated carbocycles. The molecule has 0 radical (unpaired) electrons. The summed E-state index contributed by atoms with van der Waals surface area (Å²) in [6.07, 6.45) is 3.13. The summed E-state index contributed by atoms with van der Waals surface area (Å²) in [6, 6.07) is 11.2. The highest BCUT2D eigenvalue weighted by Gasteiger charge is 2.31. The monoisotopic (exact) mass is 474 g/mol. The zero-order chi connectivity index (χ0) is 20.5. The van der Waals surface area contributed by atoms with Gasteiger partial charge in [-0.25, -0.2) is 4.98 Å². The van der Waals surface area contributed by atoms with Gasteiger partial charge in [0.2, 0.25) is 5.91 Å². The normalized spacial score (nSPS) is 16.8. The maximum absolute atomic E-state index is 13.2. The van der Waals surface area contributed by atoms with E-state index in [1.54, 1.807) is 17.2 Å². The number of pyridine rings is 1. The van der Waals surface area contributed by atoms with Gasteiger partial charge < -0.3 is 14.8 Å². The van der Waals surface area contributed by atoms with Crippen LogP contribution in [0.2, 0.25) is 5.02 Å². The van der Waals surface area contributed by atoms with E-state index in [4.69, 9.17) is 11.6 Å². The number of benzene rings is 1. The molecule has 2 amide bonds. The molecular formula is C21H20BrClN4O2. The molecule has 0 spiro atoms. The van der Waals surface area contributed by atoms with Crippen molar-refractivity contribution in [1.29, 1.82) is 0 Å². The Hall–Kier alpha value is -2.38. The van der Waals surface area contributed by atoms with Crippen LogP contribution in [0.4, 0.5) is 5.82 Å². The fourth-order valence-corrected chi connectivity index (χ4v) is 4.39. The average Bonchev–Trinajstić information content (AvgIpc) is 3.00. The first-order chi connectivity index (χ1) is 14.0. The van der Waals surface area contributed by atoms with Gasteiger partial charge in [-0.3, -0.25) is 9.59 Å². The van der Waals surface area contributed by atoms with Gasteiger partial charge in [0.05, 0.1) is 10.9 Å². The number of anilines is 1. The zero-order valence-electron chi connectivity index (χ0n) is 15.9. The molecule has 4 rings (SSSR count). The summed E-state index contributed by atoms with van der Waals surface area (Å²) in [4.78, 5) is 31.9. The molecule has 29 heavy (non-hydrogen) atoms. The van der Waals surface area contributed by atoms with E-state index in [0.29, 0.717) is 29.6 Å². The van der Waals surface area contributed by atoms with E-state index in [1.165, 1.54) is 0 Å². The van der Waals surface area contributed by atoms with Gasteiger partial charge >= 0.3 is 0 Å². The molecule has 6 nitrogen and oxygen atoms in total. The molecule has 0 aliphatic carbocycles. The number of amides is 2. The topological polar surface area (TPSA) is 67.2 Å². The van der Waals surface area contributed by atoms with E-state index in [1.807, 2.05) is 41.9 Å². The number of nitrogens with one attached hydrogen (secondary N) is 1. The largest absolute Gasteiger partial charge is 0.338 e. The molecule has 2 aromatic heterocycles. The number of fused-ring (bicyclic) bond motifs is 1. The van der Waals surface area contributed by atoms with Crippen LogP contribution in [-0.2, 0) is 11.8 Å². The highest BCUT2D eigenvalue weighted by atomic mass is 79.9. The quantitative estimate of drug-likeness (QED) is 0.607. The predicted molar refractivity (Wildman–Crippen MR) is 117 cm³/mol. The third-order valence-corrected chi connectivity index (χ3v) is 6.16. The molecule has 1 atom stereocenters. The van der Waals surface area contributed by atoms with Crippen LogP contribution in [-0.4, -0.2) is 39.4 Å². The first kappa shape index (κ1) is 19.9. The molecule has 1 aromatic carbocycles. The van der Waals surface area contributed by atoms with Crippen LogP contribution in [0.1, 0.15) is 23.3 Å². The molecule has 1 saturated heterocycles. The Balaban J connectivity index is 1.52. The van der Waals surface area contributed by atoms with Crippen LogP contribution >= 0.6 is 27.5 Å². The van der Waals surface area contributed by atoms with E-state index in [-0.39, 0.29) is 17.7 Å². The number of hydrogen-bond donors (Lipinski definition) is 1. The van der Waals surface area contributed by atoms with Crippen molar-refractivity contribution in [3.05, 3.63) is 57.8 Å². The zero-order valence-corrected chi connectivity index (χ0v) is 18.2. The third kappa shape index (κ3) is 3.89. The number of rotatable bonds is 3. The van der Waals surface area contributed by atoms with Crippen LogP contribution in [0, 0.1) is 5.92 Å². The number of para-hydroxylation sites is 1. The van der Waals surface area contributed by atoms with Gasteiger partial charge in [-0.05, 0) is 47.0 Å². The standard InChI is InChI=1S/C21H20BrClN4O2/c1-26-16-7-3-2-6-15(16)18(23)19(26)21(29)27-10-4-5-13(12-27)20(28)25-17-9-8-14(22)11-24-17/h2-3,6-9,11,13H,4-5,10,12H2,1H3,(H,24,25,28). The Kier molecular flexibility index (Phi) is 5.61. The Morgan fingerprint density at radius 1 is 1.24 bits per heavy atom. The van der Waals surface area contributed by atoms with Gasteiger partial charge in [-0.15, -0.1) is 0 Å². The molecule has 0 bridgehead atoms. The van der Waals surface area contributed by atoms with Crippen molar-refractivity contribution in [2.45, 2.75) is 12.8 Å². The molecule has 3 heterocycles. The molecule has 1 N–H and O–H groups in total. The van der Waals surface area contributed by atoms with Crippen molar-refractivity contribution in [2.75, 3.05) is 18.4 Å². The lowest BCUT2D eigenvalue weighted by Crippen LogP contribution is -2.44. The number of halogens is 2. The second-order valence-electron chi connectivity index (χ2n) is 7.18. The fourth-order valence-electron chi connectivity index (χ4n) is 3.79. The van der Waals surface area contributed by atoms with Crippen LogP contribution < -0.4 is 5.32 Å². The minimum absolute atomic E-state index is 0.125. The van der Waals surface area contributed by atoms with Crippen molar-refractivity contribution in [3.63, 3.8) is 0 Å². The van der Waals surface area contributed by atoms with E-state index >= 15 is 0 Å². The lowest BCUT2D eigenvalue weighted by Gasteiger charge is -2.32. The lowest BCUT2D eigenvalue weighted by atomic mass is 9.97. The summed E-state index contributed by atoms with van der Waals surface area (Å²) in [5.41, 5.74) is 1.37. The second kappa shape index (κ2) is 8.16. The van der Waals surface area contributed by atoms with Crippen molar-refractivity contribution >= 4 is 56.1 Å². The first-order valence-electron chi connectivity index (χ1n) is 9.40. The fraction of sp³-hybridized carbons (Fsp3) is 0.286. The summed E-state index contributed by atoms with van der Waals surface area (Å²) in [5.74, 6) is -0.0570. The molecule has 8 heteroatoms. The van der Waals surface area contributed by atoms with E-state index in [2.05, 4.69) is 26.2 Å². The van der Waals surface area contributed by atoms with Crippen molar-refractivity contribution < 1.29 is 9.59 Å². The summed E-state index contributed by atoms with van der Waals surface area (Å²) >= 11 is 9.86. The van der Waals surface area contributed by atoms with Gasteiger partial charge in [0.15, 0.2) is 0 Å². The van der Waals surface area contributed by atoms with E-state index < -0.39 is 0 Å². The maximum Gasteiger partial charge on any atom is 0.272 e. The highest BCUT2D eigenvalue weighted by Crippen LogP contribution is 2.31. The van der Waals surface area contributed by atoms with Crippen LogP contribution in [0.15, 0.2) is 47.1 Å². The van der Waals surface area contributed by atoms with Crippen LogP contribution in [0.25, 0.3) is 10.9 Å². The van der Waals surface area contributed by atoms with Crippen molar-refractivity contribution in [2.24, 2.45) is 13.0 Å². The van der Waals surface area contributed by atoms with Gasteiger partial charge in [0, 0.05) is 41.7 Å². The van der Waals surface area contributed by atoms with Gasteiger partial charge in [0.1, 0.15) is 11.5 Å². The minimum Gasteiger partial charge on any atom is -0.338 e. The molecule has 150 valence electrons. The van der Waals surface area contributed by atoms with Crippen LogP contribution in [0.5, 0.6) is 0 Å². The first-order valence-corrected chi connectivity index (χ1v) is 10.6. The number of hydrogen-bond acceptors (Lipinski definition) is 3. The molecule has 1 aliphatic heterocycles. The highest BCUT2D eigenvalue weighted by molar-refractivity contribution is 9.10. The number of likely N-dealkylation sites (tertiary alicyclic amines) is 1. The number of carbonyl (C=O) groups excluding carboxylic acids is 2. The van der Waals surface area contributed by atoms with Crippen LogP contribution in [0.3, 0.4) is 0 Å². The second-order valence-corrected chi connectivity index (χ2v) is 8.47. The summed E-state index contributed by atoms with van der Waals surface area (Å²) < 4.78 is 2.67. The van der Waals surface area contributed by atoms with Gasteiger partial charge in [-0.2, -0.15) is 0 Å². The number of nitrogens with zero attached hydrogens (tertiary/aromatic N) is 3. The summed E-state index contributed by atoms with van der Waals surface area (Å²) in [7, 11) is 1.84. The van der Waals surface area contributed by atoms with Crippen molar-refractivity contribution in [3.8, 4) is 0 Å².